The topological polar surface area (TPSA) is 45.4 Å². The van der Waals surface area contributed by atoms with Crippen molar-refractivity contribution in [3.8, 4) is 11.4 Å². The monoisotopic (exact) mass is 382 g/mol. The lowest BCUT2D eigenvalue weighted by molar-refractivity contribution is 0.215. The highest BCUT2D eigenvalue weighted by Gasteiger charge is 2.21. The van der Waals surface area contributed by atoms with Crippen molar-refractivity contribution in [1.82, 2.24) is 15.0 Å². The van der Waals surface area contributed by atoms with Crippen molar-refractivity contribution in [3.05, 3.63) is 64.5 Å². The Morgan fingerprint density at radius 1 is 0.963 bits per heavy atom. The minimum absolute atomic E-state index is 0.607. The second kappa shape index (κ2) is 7.71. The second-order valence-corrected chi connectivity index (χ2v) is 7.46. The summed E-state index contributed by atoms with van der Waals surface area (Å²) in [5, 5.41) is 4.80. The number of nitrogens with zero attached hydrogens (tertiary/aromatic N) is 4. The van der Waals surface area contributed by atoms with Crippen molar-refractivity contribution in [2.75, 3.05) is 31.1 Å². The molecule has 4 rings (SSSR count). The van der Waals surface area contributed by atoms with Gasteiger partial charge in [0.05, 0.1) is 6.54 Å². The molecule has 2 aromatic carbocycles. The molecule has 0 aliphatic carbocycles. The normalized spacial score (nSPS) is 15.3. The van der Waals surface area contributed by atoms with Crippen molar-refractivity contribution in [2.45, 2.75) is 20.4 Å². The van der Waals surface area contributed by atoms with Crippen LogP contribution in [0.3, 0.4) is 0 Å². The van der Waals surface area contributed by atoms with E-state index >= 15 is 0 Å². The number of anilines is 1. The maximum Gasteiger partial charge on any atom is 0.241 e. The molecule has 1 fully saturated rings. The Kier molecular flexibility index (Phi) is 5.14. The third-order valence-corrected chi connectivity index (χ3v) is 5.31. The largest absolute Gasteiger partial charge is 0.369 e. The highest BCUT2D eigenvalue weighted by atomic mass is 35.5. The van der Waals surface area contributed by atoms with Crippen LogP contribution in [0.25, 0.3) is 11.4 Å². The zero-order chi connectivity index (χ0) is 18.8. The number of aryl methyl sites for hydroxylation is 2. The number of para-hydroxylation sites is 1. The first-order chi connectivity index (χ1) is 13.1. The molecule has 0 radical (unpaired) electrons. The minimum Gasteiger partial charge on any atom is -0.369 e. The summed E-state index contributed by atoms with van der Waals surface area (Å²) in [6.07, 6.45) is 0. The molecule has 0 saturated carbocycles. The van der Waals surface area contributed by atoms with Gasteiger partial charge in [0.2, 0.25) is 11.7 Å². The molecule has 2 heterocycles. The molecule has 140 valence electrons. The lowest BCUT2D eigenvalue weighted by Crippen LogP contribution is -2.46. The molecule has 1 saturated heterocycles. The molecule has 1 aliphatic heterocycles. The number of halogens is 1. The molecule has 3 aromatic rings. The van der Waals surface area contributed by atoms with Crippen LogP contribution in [-0.4, -0.2) is 41.2 Å². The molecule has 0 spiro atoms. The maximum absolute atomic E-state index is 5.93. The van der Waals surface area contributed by atoms with Crippen LogP contribution in [0.15, 0.2) is 47.0 Å². The Hall–Kier alpha value is -2.37. The molecule has 27 heavy (non-hydrogen) atoms. The van der Waals surface area contributed by atoms with E-state index in [2.05, 4.69) is 52.0 Å². The van der Waals surface area contributed by atoms with Crippen LogP contribution in [0.1, 0.15) is 17.0 Å². The first kappa shape index (κ1) is 18.0. The number of hydrogen-bond acceptors (Lipinski definition) is 5. The summed E-state index contributed by atoms with van der Waals surface area (Å²) in [4.78, 5) is 9.38. The summed E-state index contributed by atoms with van der Waals surface area (Å²) in [7, 11) is 0. The first-order valence-electron chi connectivity index (χ1n) is 9.22. The standard InChI is InChI=1S/C21H23ClN4O/c1-15-4-3-5-16(2)20(15)26-12-10-25(11-13-26)14-19-23-21(24-27-19)17-6-8-18(22)9-7-17/h3-9H,10-14H2,1-2H3. The van der Waals surface area contributed by atoms with Gasteiger partial charge >= 0.3 is 0 Å². The molecule has 0 unspecified atom stereocenters. The van der Waals surface area contributed by atoms with Gasteiger partial charge in [-0.15, -0.1) is 0 Å². The zero-order valence-corrected chi connectivity index (χ0v) is 16.4. The highest BCUT2D eigenvalue weighted by Crippen LogP contribution is 2.26. The van der Waals surface area contributed by atoms with Crippen molar-refractivity contribution < 1.29 is 4.52 Å². The van der Waals surface area contributed by atoms with Gasteiger partial charge in [-0.2, -0.15) is 4.98 Å². The average Bonchev–Trinajstić information content (AvgIpc) is 3.12. The summed E-state index contributed by atoms with van der Waals surface area (Å²) in [5.74, 6) is 1.26. The molecule has 6 heteroatoms. The van der Waals surface area contributed by atoms with Crippen LogP contribution in [-0.2, 0) is 6.54 Å². The number of hydrogen-bond donors (Lipinski definition) is 0. The van der Waals surface area contributed by atoms with E-state index in [1.165, 1.54) is 16.8 Å². The van der Waals surface area contributed by atoms with Crippen LogP contribution < -0.4 is 4.90 Å². The predicted octanol–water partition coefficient (Wildman–Crippen LogP) is 4.33. The quantitative estimate of drug-likeness (QED) is 0.672. The fourth-order valence-electron chi connectivity index (χ4n) is 3.66. The molecule has 5 nitrogen and oxygen atoms in total. The lowest BCUT2D eigenvalue weighted by Gasteiger charge is -2.37. The smallest absolute Gasteiger partial charge is 0.241 e. The van der Waals surface area contributed by atoms with Crippen molar-refractivity contribution in [2.24, 2.45) is 0 Å². The van der Waals surface area contributed by atoms with Crippen molar-refractivity contribution in [3.63, 3.8) is 0 Å². The van der Waals surface area contributed by atoms with Gasteiger partial charge in [0.15, 0.2) is 0 Å². The summed E-state index contributed by atoms with van der Waals surface area (Å²) in [5.41, 5.74) is 4.97. The van der Waals surface area contributed by atoms with E-state index in [0.717, 1.165) is 31.7 Å². The first-order valence-corrected chi connectivity index (χ1v) is 9.60. The second-order valence-electron chi connectivity index (χ2n) is 7.02. The van der Waals surface area contributed by atoms with Gasteiger partial charge < -0.3 is 9.42 Å². The fraction of sp³-hybridized carbons (Fsp3) is 0.333. The molecule has 0 atom stereocenters. The SMILES string of the molecule is Cc1cccc(C)c1N1CCN(Cc2nc(-c3ccc(Cl)cc3)no2)CC1. The van der Waals surface area contributed by atoms with E-state index in [0.29, 0.717) is 23.3 Å². The van der Waals surface area contributed by atoms with Crippen molar-refractivity contribution in [1.29, 1.82) is 0 Å². The average molecular weight is 383 g/mol. The zero-order valence-electron chi connectivity index (χ0n) is 15.7. The Bertz CT molecular complexity index is 894. The Balaban J connectivity index is 1.38. The van der Waals surface area contributed by atoms with Crippen LogP contribution in [0.5, 0.6) is 0 Å². The Morgan fingerprint density at radius 3 is 2.30 bits per heavy atom. The van der Waals surface area contributed by atoms with Crippen LogP contribution >= 0.6 is 11.6 Å². The van der Waals surface area contributed by atoms with E-state index in [4.69, 9.17) is 16.1 Å². The van der Waals surface area contributed by atoms with Crippen LogP contribution in [0, 0.1) is 13.8 Å². The lowest BCUT2D eigenvalue weighted by atomic mass is 10.1. The summed E-state index contributed by atoms with van der Waals surface area (Å²) >= 11 is 5.93. The van der Waals surface area contributed by atoms with E-state index < -0.39 is 0 Å². The minimum atomic E-state index is 0.607. The predicted molar refractivity (Wildman–Crippen MR) is 108 cm³/mol. The van der Waals surface area contributed by atoms with Gasteiger partial charge in [-0.1, -0.05) is 35.0 Å². The van der Waals surface area contributed by atoms with E-state index in [1.807, 2.05) is 24.3 Å². The van der Waals surface area contributed by atoms with E-state index in [9.17, 15) is 0 Å². The Labute approximate surface area is 164 Å². The molecular weight excluding hydrogens is 360 g/mol. The highest BCUT2D eigenvalue weighted by molar-refractivity contribution is 6.30. The number of piperazine rings is 1. The molecular formula is C21H23ClN4O. The number of benzene rings is 2. The van der Waals surface area contributed by atoms with Gasteiger partial charge in [0.25, 0.3) is 0 Å². The van der Waals surface area contributed by atoms with Gasteiger partial charge in [-0.3, -0.25) is 4.90 Å². The summed E-state index contributed by atoms with van der Waals surface area (Å²) in [6.45, 7) is 9.02. The fourth-order valence-corrected chi connectivity index (χ4v) is 3.79. The molecule has 0 N–H and O–H groups in total. The molecule has 1 aliphatic rings. The van der Waals surface area contributed by atoms with E-state index in [1.54, 1.807) is 0 Å². The molecule has 0 amide bonds. The van der Waals surface area contributed by atoms with Gasteiger partial charge in [-0.25, -0.2) is 0 Å². The third kappa shape index (κ3) is 3.99. The Morgan fingerprint density at radius 2 is 1.63 bits per heavy atom. The van der Waals surface area contributed by atoms with Gasteiger partial charge in [0.1, 0.15) is 0 Å². The third-order valence-electron chi connectivity index (χ3n) is 5.06. The van der Waals surface area contributed by atoms with Gasteiger partial charge in [-0.05, 0) is 49.2 Å². The summed E-state index contributed by atoms with van der Waals surface area (Å²) in [6, 6.07) is 14.0. The van der Waals surface area contributed by atoms with E-state index in [-0.39, 0.29) is 0 Å². The van der Waals surface area contributed by atoms with Crippen LogP contribution in [0.4, 0.5) is 5.69 Å². The number of aromatic nitrogens is 2. The van der Waals surface area contributed by atoms with Gasteiger partial charge in [0, 0.05) is 42.5 Å². The van der Waals surface area contributed by atoms with Crippen molar-refractivity contribution >= 4 is 17.3 Å². The summed E-state index contributed by atoms with van der Waals surface area (Å²) < 4.78 is 5.45. The van der Waals surface area contributed by atoms with Crippen LogP contribution in [0.2, 0.25) is 5.02 Å². The maximum atomic E-state index is 5.93. The number of rotatable bonds is 4. The molecule has 1 aromatic heterocycles. The molecule has 0 bridgehead atoms.